The molecule has 0 saturated carbocycles. The normalized spacial score (nSPS) is 21.1. The number of aromatic nitrogens is 3. The van der Waals surface area contributed by atoms with Gasteiger partial charge in [0, 0.05) is 19.5 Å². The first-order valence-electron chi connectivity index (χ1n) is 8.15. The molecule has 0 bridgehead atoms. The zero-order chi connectivity index (χ0) is 17.3. The SMILES string of the molecule is CCc1nc(C(=O)N2C[C@@H](C)O[C@H](C)C2)nn1-c1ccccc1Cl. The van der Waals surface area contributed by atoms with Crippen LogP contribution in [-0.4, -0.2) is 50.9 Å². The van der Waals surface area contributed by atoms with Gasteiger partial charge in [-0.2, -0.15) is 0 Å². The fourth-order valence-corrected chi connectivity index (χ4v) is 3.18. The molecule has 0 spiro atoms. The van der Waals surface area contributed by atoms with E-state index in [1.54, 1.807) is 15.6 Å². The lowest BCUT2D eigenvalue weighted by Crippen LogP contribution is -2.48. The first-order chi connectivity index (χ1) is 11.5. The number of nitrogens with zero attached hydrogens (tertiary/aromatic N) is 4. The van der Waals surface area contributed by atoms with E-state index < -0.39 is 0 Å². The molecule has 0 radical (unpaired) electrons. The topological polar surface area (TPSA) is 60.3 Å². The second-order valence-corrected chi connectivity index (χ2v) is 6.44. The Morgan fingerprint density at radius 3 is 2.58 bits per heavy atom. The van der Waals surface area contributed by atoms with Gasteiger partial charge in [0.05, 0.1) is 22.9 Å². The van der Waals surface area contributed by atoms with Crippen LogP contribution in [0.3, 0.4) is 0 Å². The van der Waals surface area contributed by atoms with Gasteiger partial charge >= 0.3 is 0 Å². The van der Waals surface area contributed by atoms with Crippen LogP contribution in [0.15, 0.2) is 24.3 Å². The minimum Gasteiger partial charge on any atom is -0.372 e. The van der Waals surface area contributed by atoms with E-state index in [1.807, 2.05) is 39.0 Å². The Kier molecular flexibility index (Phi) is 4.87. The monoisotopic (exact) mass is 348 g/mol. The summed E-state index contributed by atoms with van der Waals surface area (Å²) in [5, 5.41) is 5.00. The summed E-state index contributed by atoms with van der Waals surface area (Å²) in [6, 6.07) is 7.40. The van der Waals surface area contributed by atoms with Gasteiger partial charge in [-0.15, -0.1) is 5.10 Å². The summed E-state index contributed by atoms with van der Waals surface area (Å²) in [5.41, 5.74) is 0.728. The highest BCUT2D eigenvalue weighted by Crippen LogP contribution is 2.21. The van der Waals surface area contributed by atoms with Crippen molar-refractivity contribution in [2.24, 2.45) is 0 Å². The number of rotatable bonds is 3. The summed E-state index contributed by atoms with van der Waals surface area (Å²) in [6.45, 7) is 6.99. The summed E-state index contributed by atoms with van der Waals surface area (Å²) < 4.78 is 7.34. The number of halogens is 1. The van der Waals surface area contributed by atoms with Crippen LogP contribution in [0, 0.1) is 0 Å². The van der Waals surface area contributed by atoms with Crippen LogP contribution in [-0.2, 0) is 11.2 Å². The van der Waals surface area contributed by atoms with Crippen LogP contribution in [0.4, 0.5) is 0 Å². The van der Waals surface area contributed by atoms with E-state index in [9.17, 15) is 4.79 Å². The Labute approximate surface area is 146 Å². The van der Waals surface area contributed by atoms with Gasteiger partial charge in [-0.05, 0) is 26.0 Å². The Hall–Kier alpha value is -1.92. The first kappa shape index (κ1) is 16.9. The van der Waals surface area contributed by atoms with Crippen LogP contribution >= 0.6 is 11.6 Å². The van der Waals surface area contributed by atoms with Crippen LogP contribution < -0.4 is 0 Å². The van der Waals surface area contributed by atoms with Crippen molar-refractivity contribution >= 4 is 17.5 Å². The van der Waals surface area contributed by atoms with Gasteiger partial charge in [-0.3, -0.25) is 4.79 Å². The molecule has 2 aromatic rings. The molecule has 1 aliphatic rings. The molecule has 0 unspecified atom stereocenters. The lowest BCUT2D eigenvalue weighted by Gasteiger charge is -2.34. The molecule has 2 heterocycles. The molecule has 24 heavy (non-hydrogen) atoms. The van der Waals surface area contributed by atoms with Crippen LogP contribution in [0.1, 0.15) is 37.2 Å². The van der Waals surface area contributed by atoms with Crippen molar-refractivity contribution in [2.45, 2.75) is 39.4 Å². The molecular weight excluding hydrogens is 328 g/mol. The van der Waals surface area contributed by atoms with E-state index in [1.165, 1.54) is 0 Å². The maximum absolute atomic E-state index is 12.8. The molecule has 1 aromatic heterocycles. The largest absolute Gasteiger partial charge is 0.372 e. The van der Waals surface area contributed by atoms with Crippen molar-refractivity contribution in [2.75, 3.05) is 13.1 Å². The highest BCUT2D eigenvalue weighted by atomic mass is 35.5. The van der Waals surface area contributed by atoms with Crippen molar-refractivity contribution in [3.63, 3.8) is 0 Å². The quantitative estimate of drug-likeness (QED) is 0.855. The molecule has 7 heteroatoms. The van der Waals surface area contributed by atoms with Gasteiger partial charge < -0.3 is 9.64 Å². The van der Waals surface area contributed by atoms with Crippen molar-refractivity contribution < 1.29 is 9.53 Å². The maximum Gasteiger partial charge on any atom is 0.293 e. The number of hydrogen-bond acceptors (Lipinski definition) is 4. The molecular formula is C17H21ClN4O2. The lowest BCUT2D eigenvalue weighted by atomic mass is 10.2. The highest BCUT2D eigenvalue weighted by Gasteiger charge is 2.29. The van der Waals surface area contributed by atoms with Gasteiger partial charge in [0.2, 0.25) is 5.82 Å². The number of morpholine rings is 1. The van der Waals surface area contributed by atoms with E-state index in [0.717, 1.165) is 5.69 Å². The zero-order valence-electron chi connectivity index (χ0n) is 14.1. The Balaban J connectivity index is 1.92. The molecule has 0 N–H and O–H groups in total. The summed E-state index contributed by atoms with van der Waals surface area (Å²) in [4.78, 5) is 19.0. The van der Waals surface area contributed by atoms with Gasteiger partial charge in [0.1, 0.15) is 5.82 Å². The summed E-state index contributed by atoms with van der Waals surface area (Å²) in [6.07, 6.45) is 0.671. The smallest absolute Gasteiger partial charge is 0.293 e. The van der Waals surface area contributed by atoms with Gasteiger partial charge in [-0.1, -0.05) is 30.7 Å². The van der Waals surface area contributed by atoms with E-state index in [0.29, 0.717) is 30.4 Å². The minimum absolute atomic E-state index is 0.00833. The number of aryl methyl sites for hydroxylation is 1. The standard InChI is InChI=1S/C17H21ClN4O2/c1-4-15-19-16(17(23)21-9-11(2)24-12(3)10-21)20-22(15)14-8-6-5-7-13(14)18/h5-8,11-12H,4,9-10H2,1-3H3/t11-,12-/m1/s1. The third-order valence-electron chi connectivity index (χ3n) is 3.97. The second kappa shape index (κ2) is 6.91. The number of carbonyl (C=O) groups is 1. The molecule has 6 nitrogen and oxygen atoms in total. The predicted molar refractivity (Wildman–Crippen MR) is 91.7 cm³/mol. The van der Waals surface area contributed by atoms with Crippen molar-refractivity contribution in [3.8, 4) is 5.69 Å². The van der Waals surface area contributed by atoms with E-state index >= 15 is 0 Å². The molecule has 3 rings (SSSR count). The van der Waals surface area contributed by atoms with Crippen LogP contribution in [0.5, 0.6) is 0 Å². The van der Waals surface area contributed by atoms with Crippen LogP contribution in [0.25, 0.3) is 5.69 Å². The predicted octanol–water partition coefficient (Wildman–Crippen LogP) is 2.73. The fourth-order valence-electron chi connectivity index (χ4n) is 2.97. The zero-order valence-corrected chi connectivity index (χ0v) is 14.8. The maximum atomic E-state index is 12.8. The molecule has 128 valence electrons. The van der Waals surface area contributed by atoms with E-state index in [4.69, 9.17) is 16.3 Å². The van der Waals surface area contributed by atoms with Crippen molar-refractivity contribution in [1.29, 1.82) is 0 Å². The summed E-state index contributed by atoms with van der Waals surface area (Å²) in [5.74, 6) is 0.742. The van der Waals surface area contributed by atoms with Gasteiger partial charge in [-0.25, -0.2) is 9.67 Å². The van der Waals surface area contributed by atoms with Crippen molar-refractivity contribution in [3.05, 3.63) is 40.9 Å². The molecule has 1 aromatic carbocycles. The third kappa shape index (κ3) is 3.30. The summed E-state index contributed by atoms with van der Waals surface area (Å²) in [7, 11) is 0. The minimum atomic E-state index is -0.169. The summed E-state index contributed by atoms with van der Waals surface area (Å²) >= 11 is 6.26. The lowest BCUT2D eigenvalue weighted by molar-refractivity contribution is -0.0588. The molecule has 2 atom stereocenters. The average Bonchev–Trinajstić information content (AvgIpc) is 2.97. The van der Waals surface area contributed by atoms with Gasteiger partial charge in [0.25, 0.3) is 5.91 Å². The number of hydrogen-bond donors (Lipinski definition) is 0. The highest BCUT2D eigenvalue weighted by molar-refractivity contribution is 6.32. The number of benzene rings is 1. The number of ether oxygens (including phenoxy) is 1. The molecule has 0 aliphatic carbocycles. The molecule has 1 amide bonds. The second-order valence-electron chi connectivity index (χ2n) is 6.04. The Morgan fingerprint density at radius 2 is 1.96 bits per heavy atom. The van der Waals surface area contributed by atoms with Crippen LogP contribution in [0.2, 0.25) is 5.02 Å². The van der Waals surface area contributed by atoms with E-state index in [2.05, 4.69) is 10.1 Å². The Bertz CT molecular complexity index is 736. The van der Waals surface area contributed by atoms with Crippen molar-refractivity contribution in [1.82, 2.24) is 19.7 Å². The number of amides is 1. The van der Waals surface area contributed by atoms with E-state index in [-0.39, 0.29) is 23.9 Å². The average molecular weight is 349 g/mol. The first-order valence-corrected chi connectivity index (χ1v) is 8.53. The fraction of sp³-hybridized carbons (Fsp3) is 0.471. The molecule has 1 aliphatic heterocycles. The molecule has 1 fully saturated rings. The third-order valence-corrected chi connectivity index (χ3v) is 4.29. The number of carbonyl (C=O) groups excluding carboxylic acids is 1. The molecule has 1 saturated heterocycles. The Morgan fingerprint density at radius 1 is 1.29 bits per heavy atom. The van der Waals surface area contributed by atoms with Gasteiger partial charge in [0.15, 0.2) is 0 Å². The number of para-hydroxylation sites is 1.